The first kappa shape index (κ1) is 21.1. The van der Waals surface area contributed by atoms with Gasteiger partial charge in [-0.25, -0.2) is 11.1 Å². The monoisotopic (exact) mass is 467 g/mol. The zero-order valence-electron chi connectivity index (χ0n) is 21.3. The fourth-order valence-corrected chi connectivity index (χ4v) is 6.46. The molecule has 0 saturated carbocycles. The van der Waals surface area contributed by atoms with E-state index in [9.17, 15) is 0 Å². The SMILES string of the molecule is [C-]#[N+]C(C)(C)Cc1cc2nc[n+](C)c3c4c(C)c5ccccc5c(C)c4n4c5ccccc5c1c4c23. The Balaban J connectivity index is 1.89. The number of nitrogens with zero attached hydrogens (tertiary/aromatic N) is 4. The van der Waals surface area contributed by atoms with E-state index in [1.54, 1.807) is 0 Å². The Labute approximate surface area is 209 Å². The maximum atomic E-state index is 7.79. The smallest absolute Gasteiger partial charge is 0.287 e. The topological polar surface area (TPSA) is 25.5 Å². The lowest BCUT2D eigenvalue weighted by Gasteiger charge is -2.18. The van der Waals surface area contributed by atoms with E-state index in [0.717, 1.165) is 5.52 Å². The molecular formula is C32H27N4+. The molecule has 0 unspecified atom stereocenters. The average molecular weight is 468 g/mol. The number of para-hydroxylation sites is 1. The summed E-state index contributed by atoms with van der Waals surface area (Å²) in [6.45, 7) is 16.4. The van der Waals surface area contributed by atoms with Crippen molar-refractivity contribution in [2.45, 2.75) is 39.7 Å². The molecule has 0 aliphatic rings. The third-order valence-electron chi connectivity index (χ3n) is 8.05. The summed E-state index contributed by atoms with van der Waals surface area (Å²) >= 11 is 0. The van der Waals surface area contributed by atoms with Crippen LogP contribution in [-0.4, -0.2) is 14.9 Å². The molecule has 3 heterocycles. The number of aryl methyl sites for hydroxylation is 3. The molecule has 36 heavy (non-hydrogen) atoms. The molecule has 0 amide bonds. The Bertz CT molecular complexity index is 2090. The van der Waals surface area contributed by atoms with Gasteiger partial charge in [0.25, 0.3) is 6.33 Å². The van der Waals surface area contributed by atoms with E-state index in [2.05, 4.69) is 89.3 Å². The van der Waals surface area contributed by atoms with Gasteiger partial charge in [-0.3, -0.25) is 0 Å². The van der Waals surface area contributed by atoms with E-state index in [-0.39, 0.29) is 0 Å². The first-order chi connectivity index (χ1) is 17.3. The second kappa shape index (κ2) is 6.92. The van der Waals surface area contributed by atoms with Crippen LogP contribution in [0.2, 0.25) is 0 Å². The van der Waals surface area contributed by atoms with Crippen molar-refractivity contribution in [1.29, 1.82) is 0 Å². The second-order valence-electron chi connectivity index (χ2n) is 10.8. The summed E-state index contributed by atoms with van der Waals surface area (Å²) in [5.74, 6) is 0. The molecule has 3 aromatic heterocycles. The van der Waals surface area contributed by atoms with Gasteiger partial charge in [-0.05, 0) is 58.4 Å². The molecule has 0 radical (unpaired) electrons. The number of aromatic nitrogens is 3. The minimum atomic E-state index is -0.489. The molecule has 7 aromatic rings. The van der Waals surface area contributed by atoms with Gasteiger partial charge in [0.1, 0.15) is 5.52 Å². The Hall–Kier alpha value is -4.23. The molecule has 0 bridgehead atoms. The molecule has 4 nitrogen and oxygen atoms in total. The molecule has 0 aliphatic carbocycles. The predicted octanol–water partition coefficient (Wildman–Crippen LogP) is 7.22. The van der Waals surface area contributed by atoms with Gasteiger partial charge in [-0.1, -0.05) is 42.5 Å². The Morgan fingerprint density at radius 1 is 0.889 bits per heavy atom. The summed E-state index contributed by atoms with van der Waals surface area (Å²) in [6.07, 6.45) is 2.62. The molecule has 174 valence electrons. The van der Waals surface area contributed by atoms with E-state index in [4.69, 9.17) is 11.6 Å². The van der Waals surface area contributed by atoms with Crippen LogP contribution >= 0.6 is 0 Å². The largest absolute Gasteiger partial charge is 0.311 e. The maximum absolute atomic E-state index is 7.79. The summed E-state index contributed by atoms with van der Waals surface area (Å²) in [6, 6.07) is 19.7. The van der Waals surface area contributed by atoms with Crippen LogP contribution in [0, 0.1) is 20.4 Å². The number of fused-ring (bicyclic) bond motifs is 7. The molecule has 0 aliphatic heterocycles. The highest BCUT2D eigenvalue weighted by molar-refractivity contribution is 6.29. The Morgan fingerprint density at radius 3 is 2.28 bits per heavy atom. The van der Waals surface area contributed by atoms with Crippen molar-refractivity contribution in [1.82, 2.24) is 9.38 Å². The summed E-state index contributed by atoms with van der Waals surface area (Å²) in [5, 5.41) is 7.55. The lowest BCUT2D eigenvalue weighted by molar-refractivity contribution is -0.646. The Kier molecular flexibility index (Phi) is 4.05. The van der Waals surface area contributed by atoms with Crippen LogP contribution in [0.1, 0.15) is 30.5 Å². The average Bonchev–Trinajstić information content (AvgIpc) is 3.23. The van der Waals surface area contributed by atoms with E-state index in [1.807, 2.05) is 20.2 Å². The van der Waals surface area contributed by atoms with E-state index in [1.165, 1.54) is 71.1 Å². The standard InChI is InChI=1S/C32H27N4/c1-18-21-11-7-8-12-22(21)19(2)29-26(18)30-28-24(34-17-35(30)6)15-20(16-32(3,4)33-5)27-23-13-9-10-14-25(23)36(29)31(27)28/h7-15,17H,16H2,1-4,6H3/q+1. The fourth-order valence-electron chi connectivity index (χ4n) is 6.46. The number of pyridine rings is 1. The molecular weight excluding hydrogens is 440 g/mol. The van der Waals surface area contributed by atoms with Gasteiger partial charge in [-0.2, -0.15) is 0 Å². The van der Waals surface area contributed by atoms with Crippen molar-refractivity contribution in [2.24, 2.45) is 7.05 Å². The summed E-state index contributed by atoms with van der Waals surface area (Å²) in [7, 11) is 2.11. The first-order valence-electron chi connectivity index (χ1n) is 12.5. The maximum Gasteiger partial charge on any atom is 0.287 e. The second-order valence-corrected chi connectivity index (χ2v) is 10.8. The van der Waals surface area contributed by atoms with Crippen molar-refractivity contribution in [2.75, 3.05) is 0 Å². The molecule has 7 rings (SSSR count). The third kappa shape index (κ3) is 2.53. The Morgan fingerprint density at radius 2 is 1.56 bits per heavy atom. The van der Waals surface area contributed by atoms with Crippen molar-refractivity contribution in [3.05, 3.63) is 89.0 Å². The highest BCUT2D eigenvalue weighted by Gasteiger charge is 2.31. The van der Waals surface area contributed by atoms with Crippen LogP contribution < -0.4 is 4.57 Å². The molecule has 0 saturated heterocycles. The molecule has 4 heteroatoms. The van der Waals surface area contributed by atoms with Crippen LogP contribution in [0.4, 0.5) is 0 Å². The zero-order chi connectivity index (χ0) is 24.9. The van der Waals surface area contributed by atoms with Gasteiger partial charge < -0.3 is 9.25 Å². The van der Waals surface area contributed by atoms with E-state index >= 15 is 0 Å². The van der Waals surface area contributed by atoms with E-state index in [0.29, 0.717) is 6.42 Å². The molecule has 0 fully saturated rings. The number of benzene rings is 4. The molecule has 0 N–H and O–H groups in total. The normalized spacial score (nSPS) is 12.7. The highest BCUT2D eigenvalue weighted by atomic mass is 15.0. The predicted molar refractivity (Wildman–Crippen MR) is 149 cm³/mol. The van der Waals surface area contributed by atoms with E-state index < -0.39 is 5.54 Å². The molecule has 4 aromatic carbocycles. The van der Waals surface area contributed by atoms with Crippen LogP contribution in [0.5, 0.6) is 0 Å². The van der Waals surface area contributed by atoms with Gasteiger partial charge in [0, 0.05) is 24.6 Å². The number of hydrogen-bond donors (Lipinski definition) is 0. The minimum Gasteiger partial charge on any atom is -0.311 e. The number of rotatable bonds is 2. The molecule has 0 atom stereocenters. The third-order valence-corrected chi connectivity index (χ3v) is 8.05. The first-order valence-corrected chi connectivity index (χ1v) is 12.5. The van der Waals surface area contributed by atoms with Crippen LogP contribution in [-0.2, 0) is 13.5 Å². The summed E-state index contributed by atoms with van der Waals surface area (Å²) in [5.41, 5.74) is 9.18. The van der Waals surface area contributed by atoms with Crippen molar-refractivity contribution < 1.29 is 4.57 Å². The fraction of sp³-hybridized carbons (Fsp3) is 0.219. The van der Waals surface area contributed by atoms with Crippen molar-refractivity contribution in [3.63, 3.8) is 0 Å². The summed E-state index contributed by atoms with van der Waals surface area (Å²) in [4.78, 5) is 8.86. The van der Waals surface area contributed by atoms with Crippen molar-refractivity contribution in [3.8, 4) is 0 Å². The molecule has 0 spiro atoms. The number of hydrogen-bond acceptors (Lipinski definition) is 1. The van der Waals surface area contributed by atoms with Gasteiger partial charge in [0.05, 0.1) is 40.8 Å². The highest BCUT2D eigenvalue weighted by Crippen LogP contribution is 2.45. The van der Waals surface area contributed by atoms with Gasteiger partial charge in [-0.15, -0.1) is 0 Å². The lowest BCUT2D eigenvalue weighted by Crippen LogP contribution is -2.30. The van der Waals surface area contributed by atoms with Crippen LogP contribution in [0.15, 0.2) is 60.9 Å². The quantitative estimate of drug-likeness (QED) is 0.114. The van der Waals surface area contributed by atoms with Gasteiger partial charge in [0.15, 0.2) is 5.52 Å². The minimum absolute atomic E-state index is 0.489. The zero-order valence-corrected chi connectivity index (χ0v) is 21.3. The van der Waals surface area contributed by atoms with Crippen LogP contribution in [0.3, 0.4) is 0 Å². The lowest BCUT2D eigenvalue weighted by atomic mass is 9.90. The van der Waals surface area contributed by atoms with Crippen molar-refractivity contribution >= 4 is 59.9 Å². The van der Waals surface area contributed by atoms with Gasteiger partial charge >= 0.3 is 0 Å². The van der Waals surface area contributed by atoms with Gasteiger partial charge in [0.2, 0.25) is 5.54 Å². The summed E-state index contributed by atoms with van der Waals surface area (Å²) < 4.78 is 4.67. The van der Waals surface area contributed by atoms with Crippen LogP contribution in [0.25, 0.3) is 64.7 Å².